The van der Waals surface area contributed by atoms with Gasteiger partial charge < -0.3 is 10.1 Å². The Kier molecular flexibility index (Phi) is 5.69. The summed E-state index contributed by atoms with van der Waals surface area (Å²) in [5.74, 6) is 0.665. The number of fused-ring (bicyclic) bond motifs is 1. The highest BCUT2D eigenvalue weighted by molar-refractivity contribution is 14.1. The van der Waals surface area contributed by atoms with Crippen molar-refractivity contribution in [3.05, 3.63) is 29.6 Å². The van der Waals surface area contributed by atoms with Gasteiger partial charge in [-0.25, -0.2) is 4.39 Å². The van der Waals surface area contributed by atoms with Gasteiger partial charge in [0.15, 0.2) is 0 Å². The van der Waals surface area contributed by atoms with E-state index >= 15 is 0 Å². The Morgan fingerprint density at radius 2 is 2.22 bits per heavy atom. The van der Waals surface area contributed by atoms with Crippen LogP contribution >= 0.6 is 22.6 Å². The van der Waals surface area contributed by atoms with E-state index in [-0.39, 0.29) is 11.9 Å². The molecule has 0 aliphatic carbocycles. The third-order valence-electron chi connectivity index (χ3n) is 3.12. The summed E-state index contributed by atoms with van der Waals surface area (Å²) in [5.41, 5.74) is 0.992. The van der Waals surface area contributed by atoms with Gasteiger partial charge in [0, 0.05) is 18.5 Å². The first kappa shape index (κ1) is 14.1. The third kappa shape index (κ3) is 4.09. The molecule has 0 amide bonds. The molecule has 2 rings (SSSR count). The number of ether oxygens (including phenoxy) is 1. The number of alkyl halides is 1. The molecule has 0 radical (unpaired) electrons. The fourth-order valence-corrected chi connectivity index (χ4v) is 2.73. The molecule has 1 N–H and O–H groups in total. The summed E-state index contributed by atoms with van der Waals surface area (Å²) >= 11 is 2.41. The molecule has 100 valence electrons. The molecular formula is C14H19FINO. The molecule has 4 heteroatoms. The smallest absolute Gasteiger partial charge is 0.123 e. The molecule has 0 saturated heterocycles. The Balaban J connectivity index is 1.65. The van der Waals surface area contributed by atoms with Gasteiger partial charge in [-0.3, -0.25) is 0 Å². The van der Waals surface area contributed by atoms with Crippen molar-refractivity contribution >= 4 is 22.6 Å². The van der Waals surface area contributed by atoms with Crippen LogP contribution in [0.25, 0.3) is 0 Å². The van der Waals surface area contributed by atoms with E-state index < -0.39 is 0 Å². The predicted molar refractivity (Wildman–Crippen MR) is 80.1 cm³/mol. The van der Waals surface area contributed by atoms with E-state index in [9.17, 15) is 4.39 Å². The molecule has 1 aromatic carbocycles. The van der Waals surface area contributed by atoms with Crippen LogP contribution in [-0.2, 0) is 6.42 Å². The monoisotopic (exact) mass is 363 g/mol. The van der Waals surface area contributed by atoms with Crippen LogP contribution in [0.3, 0.4) is 0 Å². The summed E-state index contributed by atoms with van der Waals surface area (Å²) in [5, 5.41) is 3.41. The highest BCUT2D eigenvalue weighted by atomic mass is 127. The Morgan fingerprint density at radius 1 is 1.33 bits per heavy atom. The highest BCUT2D eigenvalue weighted by Gasteiger charge is 2.22. The van der Waals surface area contributed by atoms with Gasteiger partial charge in [0.2, 0.25) is 0 Å². The van der Waals surface area contributed by atoms with Gasteiger partial charge in [-0.15, -0.1) is 0 Å². The van der Waals surface area contributed by atoms with Crippen molar-refractivity contribution in [1.29, 1.82) is 0 Å². The number of halogens is 2. The van der Waals surface area contributed by atoms with Crippen molar-refractivity contribution in [2.45, 2.75) is 31.8 Å². The number of hydrogen-bond donors (Lipinski definition) is 1. The molecule has 0 saturated carbocycles. The van der Waals surface area contributed by atoms with Gasteiger partial charge in [-0.1, -0.05) is 29.0 Å². The van der Waals surface area contributed by atoms with E-state index in [1.54, 1.807) is 12.1 Å². The zero-order valence-corrected chi connectivity index (χ0v) is 12.6. The van der Waals surface area contributed by atoms with Crippen molar-refractivity contribution in [3.8, 4) is 5.75 Å². The molecule has 1 aliphatic rings. The Labute approximate surface area is 121 Å². The Hall–Kier alpha value is -0.360. The standard InChI is InChI=1S/C14H19FINO/c15-12-4-5-14-11(8-12)9-13(18-14)10-17-7-3-1-2-6-16/h4-5,8,13,17H,1-3,6-7,9-10H2. The van der Waals surface area contributed by atoms with Gasteiger partial charge in [-0.05, 0) is 42.0 Å². The molecule has 1 aliphatic heterocycles. The molecule has 1 unspecified atom stereocenters. The second-order valence-corrected chi connectivity index (χ2v) is 5.73. The van der Waals surface area contributed by atoms with Crippen LogP contribution < -0.4 is 10.1 Å². The molecule has 1 aromatic rings. The number of unbranched alkanes of at least 4 members (excludes halogenated alkanes) is 2. The van der Waals surface area contributed by atoms with Gasteiger partial charge in [0.25, 0.3) is 0 Å². The first-order chi connectivity index (χ1) is 8.79. The topological polar surface area (TPSA) is 21.3 Å². The van der Waals surface area contributed by atoms with Crippen LogP contribution in [-0.4, -0.2) is 23.6 Å². The van der Waals surface area contributed by atoms with E-state index in [1.807, 2.05) is 0 Å². The summed E-state index contributed by atoms with van der Waals surface area (Å²) in [7, 11) is 0. The molecular weight excluding hydrogens is 344 g/mol. The fourth-order valence-electron chi connectivity index (χ4n) is 2.19. The molecule has 1 atom stereocenters. The maximum atomic E-state index is 13.0. The van der Waals surface area contributed by atoms with Crippen molar-refractivity contribution in [2.24, 2.45) is 0 Å². The van der Waals surface area contributed by atoms with Crippen molar-refractivity contribution in [2.75, 3.05) is 17.5 Å². The molecule has 2 nitrogen and oxygen atoms in total. The van der Waals surface area contributed by atoms with E-state index in [2.05, 4.69) is 27.9 Å². The van der Waals surface area contributed by atoms with E-state index in [1.165, 1.54) is 29.8 Å². The number of benzene rings is 1. The number of hydrogen-bond acceptors (Lipinski definition) is 2. The minimum Gasteiger partial charge on any atom is -0.488 e. The zero-order chi connectivity index (χ0) is 12.8. The third-order valence-corrected chi connectivity index (χ3v) is 3.89. The minimum absolute atomic E-state index is 0.159. The lowest BCUT2D eigenvalue weighted by molar-refractivity contribution is 0.227. The average Bonchev–Trinajstić information content (AvgIpc) is 2.75. The quantitative estimate of drug-likeness (QED) is 0.456. The van der Waals surface area contributed by atoms with Gasteiger partial charge in [-0.2, -0.15) is 0 Å². The van der Waals surface area contributed by atoms with Crippen LogP contribution in [0, 0.1) is 5.82 Å². The second kappa shape index (κ2) is 7.28. The molecule has 0 aromatic heterocycles. The largest absolute Gasteiger partial charge is 0.488 e. The van der Waals surface area contributed by atoms with Gasteiger partial charge >= 0.3 is 0 Å². The second-order valence-electron chi connectivity index (χ2n) is 4.65. The minimum atomic E-state index is -0.176. The molecule has 0 fully saturated rings. The van der Waals surface area contributed by atoms with Crippen molar-refractivity contribution < 1.29 is 9.13 Å². The maximum absolute atomic E-state index is 13.0. The normalized spacial score (nSPS) is 17.6. The van der Waals surface area contributed by atoms with Crippen LogP contribution in [0.2, 0.25) is 0 Å². The van der Waals surface area contributed by atoms with Gasteiger partial charge in [0.1, 0.15) is 17.7 Å². The predicted octanol–water partition coefficient (Wildman–Crippen LogP) is 3.32. The molecule has 1 heterocycles. The lowest BCUT2D eigenvalue weighted by Crippen LogP contribution is -2.30. The first-order valence-electron chi connectivity index (χ1n) is 6.51. The molecule has 18 heavy (non-hydrogen) atoms. The lowest BCUT2D eigenvalue weighted by Gasteiger charge is -2.11. The Morgan fingerprint density at radius 3 is 3.06 bits per heavy atom. The van der Waals surface area contributed by atoms with Crippen molar-refractivity contribution in [1.82, 2.24) is 5.32 Å². The van der Waals surface area contributed by atoms with E-state index in [0.717, 1.165) is 30.8 Å². The van der Waals surface area contributed by atoms with Crippen LogP contribution in [0.15, 0.2) is 18.2 Å². The van der Waals surface area contributed by atoms with Crippen LogP contribution in [0.4, 0.5) is 4.39 Å². The average molecular weight is 363 g/mol. The molecule has 0 bridgehead atoms. The van der Waals surface area contributed by atoms with Crippen LogP contribution in [0.1, 0.15) is 24.8 Å². The van der Waals surface area contributed by atoms with Crippen LogP contribution in [0.5, 0.6) is 5.75 Å². The summed E-state index contributed by atoms with van der Waals surface area (Å²) in [6.45, 7) is 1.89. The summed E-state index contributed by atoms with van der Waals surface area (Å²) in [4.78, 5) is 0. The van der Waals surface area contributed by atoms with E-state index in [4.69, 9.17) is 4.74 Å². The lowest BCUT2D eigenvalue weighted by atomic mass is 10.1. The SMILES string of the molecule is Fc1ccc2c(c1)CC(CNCCCCCI)O2. The number of rotatable bonds is 7. The number of nitrogens with one attached hydrogen (secondary N) is 1. The summed E-state index contributed by atoms with van der Waals surface area (Å²) < 4.78 is 20.0. The van der Waals surface area contributed by atoms with Crippen molar-refractivity contribution in [3.63, 3.8) is 0 Å². The fraction of sp³-hybridized carbons (Fsp3) is 0.571. The molecule has 0 spiro atoms. The Bertz CT molecular complexity index is 386. The maximum Gasteiger partial charge on any atom is 0.123 e. The zero-order valence-electron chi connectivity index (χ0n) is 10.4. The summed E-state index contributed by atoms with van der Waals surface area (Å²) in [6, 6.07) is 4.76. The summed E-state index contributed by atoms with van der Waals surface area (Å²) in [6.07, 6.45) is 4.77. The first-order valence-corrected chi connectivity index (χ1v) is 8.04. The van der Waals surface area contributed by atoms with E-state index in [0.29, 0.717) is 0 Å². The van der Waals surface area contributed by atoms with Gasteiger partial charge in [0.05, 0.1) is 0 Å². The highest BCUT2D eigenvalue weighted by Crippen LogP contribution is 2.28.